The molecule has 0 bridgehead atoms. The molecular formula is C14H21ClN6O2S. The summed E-state index contributed by atoms with van der Waals surface area (Å²) in [5.41, 5.74) is 5.28. The molecule has 2 aromatic heterocycles. The van der Waals surface area contributed by atoms with Crippen LogP contribution < -0.4 is 10.5 Å². The highest BCUT2D eigenvalue weighted by atomic mass is 35.5. The molecule has 0 aromatic carbocycles. The third-order valence-corrected chi connectivity index (χ3v) is 4.93. The minimum atomic E-state index is -3.88. The van der Waals surface area contributed by atoms with Gasteiger partial charge >= 0.3 is 0 Å². The molecule has 0 aliphatic heterocycles. The van der Waals surface area contributed by atoms with E-state index in [-0.39, 0.29) is 16.4 Å². The molecule has 0 amide bonds. The van der Waals surface area contributed by atoms with Gasteiger partial charge in [0.1, 0.15) is 4.90 Å². The van der Waals surface area contributed by atoms with E-state index >= 15 is 0 Å². The molecule has 2 heterocycles. The maximum Gasteiger partial charge on any atom is 0.244 e. The van der Waals surface area contributed by atoms with Gasteiger partial charge in [0, 0.05) is 12.1 Å². The van der Waals surface area contributed by atoms with Crippen molar-refractivity contribution in [3.05, 3.63) is 29.7 Å². The van der Waals surface area contributed by atoms with Crippen LogP contribution in [-0.4, -0.2) is 54.3 Å². The van der Waals surface area contributed by atoms with Gasteiger partial charge in [0.25, 0.3) is 0 Å². The lowest BCUT2D eigenvalue weighted by molar-refractivity contribution is 0.298. The van der Waals surface area contributed by atoms with Gasteiger partial charge < -0.3 is 10.6 Å². The predicted molar refractivity (Wildman–Crippen MR) is 93.7 cm³/mol. The molecule has 24 heavy (non-hydrogen) atoms. The zero-order valence-electron chi connectivity index (χ0n) is 14.0. The summed E-state index contributed by atoms with van der Waals surface area (Å²) in [7, 11) is -0.138. The van der Waals surface area contributed by atoms with Crippen molar-refractivity contribution < 1.29 is 8.42 Å². The van der Waals surface area contributed by atoms with Crippen LogP contribution in [0.3, 0.4) is 0 Å². The van der Waals surface area contributed by atoms with Crippen LogP contribution in [0.2, 0.25) is 5.02 Å². The van der Waals surface area contributed by atoms with E-state index < -0.39 is 15.6 Å². The van der Waals surface area contributed by atoms with Crippen LogP contribution in [-0.2, 0) is 10.0 Å². The molecule has 10 heteroatoms. The van der Waals surface area contributed by atoms with Crippen LogP contribution in [0.25, 0.3) is 5.82 Å². The highest BCUT2D eigenvalue weighted by Crippen LogP contribution is 2.22. The molecule has 2 rings (SSSR count). The first-order valence-electron chi connectivity index (χ1n) is 7.15. The minimum absolute atomic E-state index is 0.0610. The first-order valence-corrected chi connectivity index (χ1v) is 9.01. The number of hydrogen-bond donors (Lipinski definition) is 2. The summed E-state index contributed by atoms with van der Waals surface area (Å²) in [5.74, 6) is 0.129. The van der Waals surface area contributed by atoms with Crippen LogP contribution in [0.5, 0.6) is 0 Å². The van der Waals surface area contributed by atoms with Crippen LogP contribution in [0, 0.1) is 0 Å². The molecular weight excluding hydrogens is 352 g/mol. The second kappa shape index (κ2) is 6.67. The van der Waals surface area contributed by atoms with Crippen molar-refractivity contribution in [1.82, 2.24) is 24.4 Å². The molecule has 0 saturated carbocycles. The number of sulfonamides is 1. The number of halogens is 1. The Balaban J connectivity index is 2.48. The fourth-order valence-corrected chi connectivity index (χ4v) is 4.20. The van der Waals surface area contributed by atoms with Crippen molar-refractivity contribution in [2.24, 2.45) is 0 Å². The Morgan fingerprint density at radius 2 is 2.04 bits per heavy atom. The summed E-state index contributed by atoms with van der Waals surface area (Å²) in [6, 6.07) is 1.35. The molecule has 132 valence electrons. The van der Waals surface area contributed by atoms with E-state index in [4.69, 9.17) is 17.3 Å². The Morgan fingerprint density at radius 3 is 2.58 bits per heavy atom. The van der Waals surface area contributed by atoms with Crippen molar-refractivity contribution in [3.8, 4) is 5.82 Å². The van der Waals surface area contributed by atoms with Crippen molar-refractivity contribution in [1.29, 1.82) is 0 Å². The van der Waals surface area contributed by atoms with Crippen LogP contribution in [0.4, 0.5) is 5.69 Å². The number of pyridine rings is 1. The van der Waals surface area contributed by atoms with E-state index in [1.807, 2.05) is 19.0 Å². The molecule has 0 aliphatic rings. The van der Waals surface area contributed by atoms with E-state index in [2.05, 4.69) is 14.8 Å². The minimum Gasteiger partial charge on any atom is -0.397 e. The van der Waals surface area contributed by atoms with Gasteiger partial charge in [0.2, 0.25) is 10.0 Å². The number of nitrogens with two attached hydrogens (primary N) is 1. The number of aromatic nitrogens is 3. The summed E-state index contributed by atoms with van der Waals surface area (Å²) >= 11 is 5.87. The zero-order chi connectivity index (χ0) is 18.1. The van der Waals surface area contributed by atoms with E-state index in [0.29, 0.717) is 11.6 Å². The molecule has 8 nitrogen and oxygen atoms in total. The molecule has 0 saturated heterocycles. The van der Waals surface area contributed by atoms with Gasteiger partial charge in [0.05, 0.1) is 29.3 Å². The quantitative estimate of drug-likeness (QED) is 0.787. The molecule has 0 aliphatic carbocycles. The first kappa shape index (κ1) is 18.7. The standard InChI is InChI=1S/C14H21ClN6O2S/c1-14(2,9-20(3)4)19-24(22,23)12-5-11(16)7-17-13(12)21-8-10(15)6-18-21/h5-8,19H,9,16H2,1-4H3. The molecule has 0 fully saturated rings. The van der Waals surface area contributed by atoms with Crippen LogP contribution >= 0.6 is 11.6 Å². The van der Waals surface area contributed by atoms with Gasteiger partial charge in [-0.15, -0.1) is 0 Å². The van der Waals surface area contributed by atoms with Gasteiger partial charge in [-0.1, -0.05) is 11.6 Å². The fourth-order valence-electron chi connectivity index (χ4n) is 2.48. The second-order valence-electron chi connectivity index (χ2n) is 6.42. The molecule has 0 spiro atoms. The van der Waals surface area contributed by atoms with E-state index in [0.717, 1.165) is 0 Å². The number of nitrogens with one attached hydrogen (secondary N) is 1. The maximum atomic E-state index is 12.9. The molecule has 0 radical (unpaired) electrons. The predicted octanol–water partition coefficient (Wildman–Crippen LogP) is 1.12. The number of rotatable bonds is 6. The lowest BCUT2D eigenvalue weighted by Crippen LogP contribution is -2.50. The summed E-state index contributed by atoms with van der Waals surface area (Å²) in [4.78, 5) is 5.94. The van der Waals surface area contributed by atoms with Crippen molar-refractivity contribution >= 4 is 27.3 Å². The summed E-state index contributed by atoms with van der Waals surface area (Å²) in [6.45, 7) is 4.12. The van der Waals surface area contributed by atoms with Gasteiger partial charge in [-0.25, -0.2) is 22.8 Å². The van der Waals surface area contributed by atoms with Gasteiger partial charge in [-0.05, 0) is 34.0 Å². The molecule has 0 unspecified atom stereocenters. The highest BCUT2D eigenvalue weighted by Gasteiger charge is 2.30. The first-order chi connectivity index (χ1) is 11.0. The monoisotopic (exact) mass is 372 g/mol. The van der Waals surface area contributed by atoms with E-state index in [1.165, 1.54) is 29.3 Å². The Kier molecular flexibility index (Phi) is 5.19. The van der Waals surface area contributed by atoms with E-state index in [9.17, 15) is 8.42 Å². The number of nitrogen functional groups attached to an aromatic ring is 1. The van der Waals surface area contributed by atoms with Gasteiger partial charge in [-0.2, -0.15) is 5.10 Å². The van der Waals surface area contributed by atoms with Crippen molar-refractivity contribution in [2.75, 3.05) is 26.4 Å². The third kappa shape index (κ3) is 4.44. The Bertz CT molecular complexity index is 832. The third-order valence-electron chi connectivity index (χ3n) is 3.03. The molecule has 0 atom stereocenters. The van der Waals surface area contributed by atoms with Crippen LogP contribution in [0.1, 0.15) is 13.8 Å². The summed E-state index contributed by atoms with van der Waals surface area (Å²) in [6.07, 6.45) is 4.25. The van der Waals surface area contributed by atoms with Crippen molar-refractivity contribution in [2.45, 2.75) is 24.3 Å². The Labute approximate surface area is 146 Å². The largest absolute Gasteiger partial charge is 0.397 e. The van der Waals surface area contributed by atoms with Crippen LogP contribution in [0.15, 0.2) is 29.6 Å². The van der Waals surface area contributed by atoms with Gasteiger partial charge in [-0.3, -0.25) is 0 Å². The molecule has 3 N–H and O–H groups in total. The zero-order valence-corrected chi connectivity index (χ0v) is 15.6. The van der Waals surface area contributed by atoms with Crippen molar-refractivity contribution in [3.63, 3.8) is 0 Å². The second-order valence-corrected chi connectivity index (χ2v) is 8.51. The lowest BCUT2D eigenvalue weighted by atomic mass is 10.1. The SMILES string of the molecule is CN(C)CC(C)(C)NS(=O)(=O)c1cc(N)cnc1-n1cc(Cl)cn1. The average Bonchev–Trinajstić information content (AvgIpc) is 2.82. The van der Waals surface area contributed by atoms with E-state index in [1.54, 1.807) is 13.8 Å². The number of anilines is 1. The highest BCUT2D eigenvalue weighted by molar-refractivity contribution is 7.89. The molecule has 2 aromatic rings. The smallest absolute Gasteiger partial charge is 0.244 e. The lowest BCUT2D eigenvalue weighted by Gasteiger charge is -2.29. The maximum absolute atomic E-state index is 12.9. The average molecular weight is 373 g/mol. The Morgan fingerprint density at radius 1 is 1.38 bits per heavy atom. The normalized spacial score (nSPS) is 12.8. The number of likely N-dealkylation sites (N-methyl/N-ethyl adjacent to an activating group) is 1. The summed E-state index contributed by atoms with van der Waals surface area (Å²) < 4.78 is 29.8. The van der Waals surface area contributed by atoms with Gasteiger partial charge in [0.15, 0.2) is 5.82 Å². The Hall–Kier alpha value is -1.68. The number of nitrogens with zero attached hydrogens (tertiary/aromatic N) is 4. The fraction of sp³-hybridized carbons (Fsp3) is 0.429. The number of hydrogen-bond acceptors (Lipinski definition) is 6. The summed E-state index contributed by atoms with van der Waals surface area (Å²) in [5, 5.41) is 4.39. The topological polar surface area (TPSA) is 106 Å².